The third-order valence-corrected chi connectivity index (χ3v) is 4.23. The molecular formula is C22H25FN4O. The Kier molecular flexibility index (Phi) is 5.31. The van der Waals surface area contributed by atoms with Gasteiger partial charge in [0, 0.05) is 11.1 Å². The third-order valence-electron chi connectivity index (χ3n) is 4.23. The lowest BCUT2D eigenvalue weighted by molar-refractivity contribution is 0.577. The number of anilines is 1. The van der Waals surface area contributed by atoms with Crippen molar-refractivity contribution < 1.29 is 4.39 Å². The summed E-state index contributed by atoms with van der Waals surface area (Å²) in [6.45, 7) is 9.98. The summed E-state index contributed by atoms with van der Waals surface area (Å²) in [5.74, 6) is -0.167. The van der Waals surface area contributed by atoms with Crippen LogP contribution in [0.4, 0.5) is 10.2 Å². The fourth-order valence-corrected chi connectivity index (χ4v) is 2.86. The van der Waals surface area contributed by atoms with Crippen molar-refractivity contribution in [3.63, 3.8) is 0 Å². The van der Waals surface area contributed by atoms with Crippen molar-refractivity contribution in [2.75, 3.05) is 5.32 Å². The predicted molar refractivity (Wildman–Crippen MR) is 110 cm³/mol. The van der Waals surface area contributed by atoms with Crippen molar-refractivity contribution >= 4 is 5.82 Å². The first-order chi connectivity index (χ1) is 13.1. The standard InChI is InChI=1S/C22H25FN4O/c1-14-6-8-16(9-7-14)13-27-21(28)15(2)12-18(26-27)17-10-11-19(24-20(17)23)25-22(3,4)5/h6-12H,13H2,1-5H3,(H,24,25). The van der Waals surface area contributed by atoms with E-state index >= 15 is 0 Å². The number of nitrogens with zero attached hydrogens (tertiary/aromatic N) is 3. The molecule has 0 aliphatic heterocycles. The molecule has 0 atom stereocenters. The van der Waals surface area contributed by atoms with Gasteiger partial charge in [0.25, 0.3) is 5.56 Å². The van der Waals surface area contributed by atoms with Gasteiger partial charge in [-0.15, -0.1) is 0 Å². The van der Waals surface area contributed by atoms with Crippen LogP contribution in [-0.4, -0.2) is 20.3 Å². The molecule has 0 aliphatic carbocycles. The Morgan fingerprint density at radius 3 is 2.36 bits per heavy atom. The molecule has 3 rings (SSSR count). The molecule has 1 aromatic carbocycles. The van der Waals surface area contributed by atoms with Gasteiger partial charge in [0.2, 0.25) is 5.95 Å². The maximum atomic E-state index is 14.7. The summed E-state index contributed by atoms with van der Waals surface area (Å²) < 4.78 is 16.0. The molecule has 1 N–H and O–H groups in total. The largest absolute Gasteiger partial charge is 0.365 e. The Hall–Kier alpha value is -3.02. The third kappa shape index (κ3) is 4.63. The van der Waals surface area contributed by atoms with Gasteiger partial charge in [-0.25, -0.2) is 9.67 Å². The average Bonchev–Trinajstić information content (AvgIpc) is 2.59. The number of pyridine rings is 1. The molecule has 0 fully saturated rings. The van der Waals surface area contributed by atoms with Gasteiger partial charge in [0.15, 0.2) is 0 Å². The summed E-state index contributed by atoms with van der Waals surface area (Å²) >= 11 is 0. The number of aryl methyl sites for hydroxylation is 2. The zero-order chi connectivity index (χ0) is 20.5. The molecule has 0 aliphatic rings. The van der Waals surface area contributed by atoms with Crippen molar-refractivity contribution in [3.8, 4) is 11.3 Å². The van der Waals surface area contributed by atoms with E-state index in [4.69, 9.17) is 0 Å². The molecule has 0 bridgehead atoms. The molecule has 0 amide bonds. The van der Waals surface area contributed by atoms with Crippen molar-refractivity contribution in [2.24, 2.45) is 0 Å². The van der Waals surface area contributed by atoms with Crippen LogP contribution in [0.3, 0.4) is 0 Å². The lowest BCUT2D eigenvalue weighted by atomic mass is 10.1. The first-order valence-corrected chi connectivity index (χ1v) is 9.22. The Balaban J connectivity index is 1.97. The topological polar surface area (TPSA) is 59.8 Å². The zero-order valence-corrected chi connectivity index (χ0v) is 16.9. The fourth-order valence-electron chi connectivity index (χ4n) is 2.86. The minimum atomic E-state index is -0.623. The van der Waals surface area contributed by atoms with Gasteiger partial charge in [0.05, 0.1) is 17.8 Å². The Labute approximate surface area is 164 Å². The summed E-state index contributed by atoms with van der Waals surface area (Å²) in [4.78, 5) is 16.5. The van der Waals surface area contributed by atoms with Crippen molar-refractivity contribution in [1.29, 1.82) is 0 Å². The van der Waals surface area contributed by atoms with Gasteiger partial charge in [-0.05, 0) is 58.4 Å². The quantitative estimate of drug-likeness (QED) is 0.685. The van der Waals surface area contributed by atoms with Crippen LogP contribution in [0.25, 0.3) is 11.3 Å². The second kappa shape index (κ2) is 7.54. The minimum Gasteiger partial charge on any atom is -0.365 e. The molecule has 2 heterocycles. The van der Waals surface area contributed by atoms with E-state index < -0.39 is 5.95 Å². The number of hydrogen-bond donors (Lipinski definition) is 1. The second-order valence-electron chi connectivity index (χ2n) is 8.07. The maximum absolute atomic E-state index is 14.7. The lowest BCUT2D eigenvalue weighted by Gasteiger charge is -2.21. The normalized spacial score (nSPS) is 11.5. The molecule has 0 saturated carbocycles. The molecule has 146 valence electrons. The first kappa shape index (κ1) is 19.7. The van der Waals surface area contributed by atoms with Gasteiger partial charge < -0.3 is 5.32 Å². The highest BCUT2D eigenvalue weighted by atomic mass is 19.1. The Morgan fingerprint density at radius 1 is 1.07 bits per heavy atom. The monoisotopic (exact) mass is 380 g/mol. The van der Waals surface area contributed by atoms with Crippen LogP contribution in [0.2, 0.25) is 0 Å². The van der Waals surface area contributed by atoms with E-state index in [2.05, 4.69) is 15.4 Å². The average molecular weight is 380 g/mol. The summed E-state index contributed by atoms with van der Waals surface area (Å²) in [6, 6.07) is 12.9. The van der Waals surface area contributed by atoms with Crippen LogP contribution in [0.15, 0.2) is 47.3 Å². The molecule has 28 heavy (non-hydrogen) atoms. The van der Waals surface area contributed by atoms with E-state index in [0.29, 0.717) is 23.6 Å². The SMILES string of the molecule is Cc1ccc(Cn2nc(-c3ccc(NC(C)(C)C)nc3F)cc(C)c2=O)cc1. The molecule has 0 saturated heterocycles. The number of nitrogens with one attached hydrogen (secondary N) is 1. The van der Waals surface area contributed by atoms with Crippen LogP contribution >= 0.6 is 0 Å². The van der Waals surface area contributed by atoms with E-state index in [9.17, 15) is 9.18 Å². The molecule has 0 radical (unpaired) electrons. The summed E-state index contributed by atoms with van der Waals surface area (Å²) in [7, 11) is 0. The minimum absolute atomic E-state index is 0.191. The predicted octanol–water partition coefficient (Wildman–Crippen LogP) is 4.32. The molecular weight excluding hydrogens is 355 g/mol. The summed E-state index contributed by atoms with van der Waals surface area (Å²) in [5.41, 5.74) is 2.84. The summed E-state index contributed by atoms with van der Waals surface area (Å²) in [5, 5.41) is 7.53. The van der Waals surface area contributed by atoms with E-state index in [0.717, 1.165) is 11.1 Å². The van der Waals surface area contributed by atoms with Gasteiger partial charge >= 0.3 is 0 Å². The highest BCUT2D eigenvalue weighted by molar-refractivity contribution is 5.60. The van der Waals surface area contributed by atoms with Gasteiger partial charge in [0.1, 0.15) is 5.82 Å². The number of aromatic nitrogens is 3. The molecule has 0 spiro atoms. The second-order valence-corrected chi connectivity index (χ2v) is 8.07. The first-order valence-electron chi connectivity index (χ1n) is 9.22. The van der Waals surface area contributed by atoms with E-state index in [1.54, 1.807) is 25.1 Å². The molecule has 5 nitrogen and oxygen atoms in total. The Bertz CT molecular complexity index is 1050. The highest BCUT2D eigenvalue weighted by Gasteiger charge is 2.15. The number of halogens is 1. The van der Waals surface area contributed by atoms with Crippen molar-refractivity contribution in [1.82, 2.24) is 14.8 Å². The molecule has 0 unspecified atom stereocenters. The van der Waals surface area contributed by atoms with E-state index in [-0.39, 0.29) is 16.7 Å². The molecule has 2 aromatic heterocycles. The molecule has 6 heteroatoms. The van der Waals surface area contributed by atoms with Crippen LogP contribution in [0, 0.1) is 19.8 Å². The number of rotatable bonds is 4. The van der Waals surface area contributed by atoms with Crippen LogP contribution < -0.4 is 10.9 Å². The van der Waals surface area contributed by atoms with Crippen LogP contribution in [-0.2, 0) is 6.54 Å². The Morgan fingerprint density at radius 2 is 1.75 bits per heavy atom. The van der Waals surface area contributed by atoms with Crippen LogP contribution in [0.1, 0.15) is 37.5 Å². The highest BCUT2D eigenvalue weighted by Crippen LogP contribution is 2.22. The summed E-state index contributed by atoms with van der Waals surface area (Å²) in [6.07, 6.45) is 0. The van der Waals surface area contributed by atoms with Crippen molar-refractivity contribution in [3.05, 3.63) is 75.5 Å². The smallest absolute Gasteiger partial charge is 0.270 e. The van der Waals surface area contributed by atoms with Gasteiger partial charge in [-0.3, -0.25) is 4.79 Å². The van der Waals surface area contributed by atoms with Gasteiger partial charge in [-0.2, -0.15) is 9.49 Å². The molecule has 3 aromatic rings. The zero-order valence-electron chi connectivity index (χ0n) is 16.9. The fraction of sp³-hybridized carbons (Fsp3) is 0.318. The van der Waals surface area contributed by atoms with E-state index in [1.807, 2.05) is 52.0 Å². The van der Waals surface area contributed by atoms with E-state index in [1.165, 1.54) is 4.68 Å². The van der Waals surface area contributed by atoms with Crippen molar-refractivity contribution in [2.45, 2.75) is 46.7 Å². The number of benzene rings is 1. The maximum Gasteiger partial charge on any atom is 0.270 e. The van der Waals surface area contributed by atoms with Crippen LogP contribution in [0.5, 0.6) is 0 Å². The number of hydrogen-bond acceptors (Lipinski definition) is 4. The lowest BCUT2D eigenvalue weighted by Crippen LogP contribution is -2.27. The van der Waals surface area contributed by atoms with Gasteiger partial charge in [-0.1, -0.05) is 29.8 Å².